The van der Waals surface area contributed by atoms with Gasteiger partial charge in [0.1, 0.15) is 18.2 Å². The van der Waals surface area contributed by atoms with Crippen molar-refractivity contribution < 1.29 is 19.1 Å². The molecule has 6 nitrogen and oxygen atoms in total. The highest BCUT2D eigenvalue weighted by Gasteiger charge is 2.56. The molecule has 6 heteroatoms. The van der Waals surface area contributed by atoms with Crippen LogP contribution in [0.3, 0.4) is 0 Å². The highest BCUT2D eigenvalue weighted by Crippen LogP contribution is 2.33. The standard InChI is InChI=1S/C23H28N2O4/c1-4-25(22(27)29-17-19-13-9-6-10-14-19)23(2)20(28-3)16-24(21(23)26)15-18-11-7-5-8-12-18/h5-14,20H,4,15-17H2,1-3H3. The number of amides is 2. The van der Waals surface area contributed by atoms with Gasteiger partial charge in [0.05, 0.1) is 6.54 Å². The van der Waals surface area contributed by atoms with Gasteiger partial charge in [0.15, 0.2) is 0 Å². The van der Waals surface area contributed by atoms with Crippen molar-refractivity contribution in [3.8, 4) is 0 Å². The Morgan fingerprint density at radius 1 is 1.10 bits per heavy atom. The fourth-order valence-electron chi connectivity index (χ4n) is 3.90. The van der Waals surface area contributed by atoms with Crippen molar-refractivity contribution in [1.82, 2.24) is 9.80 Å². The lowest BCUT2D eigenvalue weighted by atomic mass is 9.95. The van der Waals surface area contributed by atoms with Crippen molar-refractivity contribution in [3.63, 3.8) is 0 Å². The van der Waals surface area contributed by atoms with E-state index in [9.17, 15) is 9.59 Å². The molecule has 1 heterocycles. The van der Waals surface area contributed by atoms with Gasteiger partial charge in [-0.15, -0.1) is 0 Å². The highest BCUT2D eigenvalue weighted by molar-refractivity contribution is 5.92. The Hall–Kier alpha value is -2.86. The number of likely N-dealkylation sites (tertiary alicyclic amines) is 1. The predicted octanol–water partition coefficient (Wildman–Crippen LogP) is 3.46. The molecule has 1 aliphatic rings. The van der Waals surface area contributed by atoms with Crippen LogP contribution in [0.2, 0.25) is 0 Å². The van der Waals surface area contributed by atoms with Crippen molar-refractivity contribution in [2.75, 3.05) is 20.2 Å². The van der Waals surface area contributed by atoms with Crippen LogP contribution in [0.25, 0.3) is 0 Å². The first kappa shape index (κ1) is 20.9. The first-order valence-electron chi connectivity index (χ1n) is 9.85. The molecule has 0 bridgehead atoms. The largest absolute Gasteiger partial charge is 0.445 e. The van der Waals surface area contributed by atoms with E-state index in [-0.39, 0.29) is 12.5 Å². The summed E-state index contributed by atoms with van der Waals surface area (Å²) in [7, 11) is 1.57. The maximum atomic E-state index is 13.4. The van der Waals surface area contributed by atoms with Crippen molar-refractivity contribution in [3.05, 3.63) is 71.8 Å². The lowest BCUT2D eigenvalue weighted by molar-refractivity contribution is -0.139. The van der Waals surface area contributed by atoms with Gasteiger partial charge in [-0.2, -0.15) is 0 Å². The van der Waals surface area contributed by atoms with Gasteiger partial charge in [0.2, 0.25) is 0 Å². The minimum absolute atomic E-state index is 0.133. The minimum atomic E-state index is -1.12. The maximum Gasteiger partial charge on any atom is 0.411 e. The molecule has 2 aromatic carbocycles. The van der Waals surface area contributed by atoms with Crippen LogP contribution in [0, 0.1) is 0 Å². The van der Waals surface area contributed by atoms with E-state index in [2.05, 4.69) is 0 Å². The number of methoxy groups -OCH3 is 1. The van der Waals surface area contributed by atoms with Gasteiger partial charge >= 0.3 is 6.09 Å². The highest BCUT2D eigenvalue weighted by atomic mass is 16.6. The van der Waals surface area contributed by atoms with Crippen molar-refractivity contribution in [2.24, 2.45) is 0 Å². The Kier molecular flexibility index (Phi) is 6.54. The molecular formula is C23H28N2O4. The SMILES string of the molecule is CCN(C(=O)OCc1ccccc1)C1(C)C(=O)N(Cc2ccccc2)CC1OC. The van der Waals surface area contributed by atoms with E-state index in [1.165, 1.54) is 4.90 Å². The number of hydrogen-bond acceptors (Lipinski definition) is 4. The van der Waals surface area contributed by atoms with Crippen LogP contribution in [0.15, 0.2) is 60.7 Å². The van der Waals surface area contributed by atoms with Gasteiger partial charge in [-0.3, -0.25) is 9.69 Å². The minimum Gasteiger partial charge on any atom is -0.445 e. The Morgan fingerprint density at radius 3 is 2.24 bits per heavy atom. The summed E-state index contributed by atoms with van der Waals surface area (Å²) in [5.41, 5.74) is 0.815. The summed E-state index contributed by atoms with van der Waals surface area (Å²) in [4.78, 5) is 29.5. The molecular weight excluding hydrogens is 368 g/mol. The second-order valence-corrected chi connectivity index (χ2v) is 7.33. The Labute approximate surface area is 172 Å². The lowest BCUT2D eigenvalue weighted by Crippen LogP contribution is -2.60. The van der Waals surface area contributed by atoms with Crippen molar-refractivity contribution in [1.29, 1.82) is 0 Å². The fraction of sp³-hybridized carbons (Fsp3) is 0.391. The van der Waals surface area contributed by atoms with Gasteiger partial charge in [-0.05, 0) is 25.0 Å². The summed E-state index contributed by atoms with van der Waals surface area (Å²) in [6.45, 7) is 5.01. The normalized spacial score (nSPS) is 21.3. The Balaban J connectivity index is 1.76. The lowest BCUT2D eigenvalue weighted by Gasteiger charge is -2.38. The summed E-state index contributed by atoms with van der Waals surface area (Å²) in [5.74, 6) is -0.133. The zero-order chi connectivity index (χ0) is 20.9. The number of carbonyl (C=O) groups is 2. The molecule has 0 aromatic heterocycles. The monoisotopic (exact) mass is 396 g/mol. The van der Waals surface area contributed by atoms with Gasteiger partial charge in [-0.25, -0.2) is 4.79 Å². The average Bonchev–Trinajstić information content (AvgIpc) is 2.99. The molecule has 0 N–H and O–H groups in total. The quantitative estimate of drug-likeness (QED) is 0.719. The van der Waals surface area contributed by atoms with E-state index in [4.69, 9.17) is 9.47 Å². The van der Waals surface area contributed by atoms with E-state index >= 15 is 0 Å². The smallest absolute Gasteiger partial charge is 0.411 e. The van der Waals surface area contributed by atoms with Crippen LogP contribution in [0.5, 0.6) is 0 Å². The van der Waals surface area contributed by atoms with Crippen molar-refractivity contribution >= 4 is 12.0 Å². The Bertz CT molecular complexity index is 827. The van der Waals surface area contributed by atoms with Crippen molar-refractivity contribution in [2.45, 2.75) is 38.6 Å². The number of hydrogen-bond donors (Lipinski definition) is 0. The molecule has 2 atom stereocenters. The molecule has 1 saturated heterocycles. The third-order valence-corrected chi connectivity index (χ3v) is 5.54. The van der Waals surface area contributed by atoms with Crippen LogP contribution in [-0.4, -0.2) is 53.6 Å². The van der Waals surface area contributed by atoms with Crippen LogP contribution in [-0.2, 0) is 27.4 Å². The maximum absolute atomic E-state index is 13.4. The molecule has 0 aliphatic carbocycles. The van der Waals surface area contributed by atoms with Gasteiger partial charge in [0, 0.05) is 20.2 Å². The summed E-state index contributed by atoms with van der Waals surface area (Å²) in [6.07, 6.45) is -0.959. The Morgan fingerprint density at radius 2 is 1.69 bits per heavy atom. The molecule has 2 unspecified atom stereocenters. The number of ether oxygens (including phenoxy) is 2. The molecule has 2 aromatic rings. The predicted molar refractivity (Wildman–Crippen MR) is 110 cm³/mol. The number of rotatable bonds is 7. The average molecular weight is 396 g/mol. The molecule has 1 aliphatic heterocycles. The van der Waals surface area contributed by atoms with E-state index in [0.29, 0.717) is 19.6 Å². The van der Waals surface area contributed by atoms with E-state index in [0.717, 1.165) is 11.1 Å². The van der Waals surface area contributed by atoms with E-state index in [1.54, 1.807) is 18.9 Å². The van der Waals surface area contributed by atoms with Gasteiger partial charge in [-0.1, -0.05) is 60.7 Å². The second-order valence-electron chi connectivity index (χ2n) is 7.33. The molecule has 2 amide bonds. The molecule has 0 spiro atoms. The zero-order valence-corrected chi connectivity index (χ0v) is 17.2. The number of nitrogens with zero attached hydrogens (tertiary/aromatic N) is 2. The van der Waals surface area contributed by atoms with Gasteiger partial charge < -0.3 is 14.4 Å². The molecule has 154 valence electrons. The van der Waals surface area contributed by atoms with E-state index in [1.807, 2.05) is 67.6 Å². The third kappa shape index (κ3) is 4.27. The van der Waals surface area contributed by atoms with Crippen LogP contribution in [0.1, 0.15) is 25.0 Å². The van der Waals surface area contributed by atoms with Gasteiger partial charge in [0.25, 0.3) is 5.91 Å². The van der Waals surface area contributed by atoms with E-state index < -0.39 is 17.7 Å². The molecule has 0 saturated carbocycles. The molecule has 29 heavy (non-hydrogen) atoms. The summed E-state index contributed by atoms with van der Waals surface area (Å²) >= 11 is 0. The molecule has 3 rings (SSSR count). The first-order valence-corrected chi connectivity index (χ1v) is 9.85. The second kappa shape index (κ2) is 9.09. The summed E-state index contributed by atoms with van der Waals surface area (Å²) in [6, 6.07) is 19.3. The number of carbonyl (C=O) groups excluding carboxylic acids is 2. The van der Waals surface area contributed by atoms with Crippen LogP contribution >= 0.6 is 0 Å². The first-order chi connectivity index (χ1) is 14.0. The topological polar surface area (TPSA) is 59.1 Å². The zero-order valence-electron chi connectivity index (χ0n) is 17.2. The molecule has 1 fully saturated rings. The molecule has 0 radical (unpaired) electrons. The summed E-state index contributed by atoms with van der Waals surface area (Å²) in [5, 5.41) is 0. The fourth-order valence-corrected chi connectivity index (χ4v) is 3.90. The summed E-state index contributed by atoms with van der Waals surface area (Å²) < 4.78 is 11.2. The number of likely N-dealkylation sites (N-methyl/N-ethyl adjacent to an activating group) is 1. The number of benzene rings is 2. The van der Waals surface area contributed by atoms with Crippen LogP contribution < -0.4 is 0 Å². The van der Waals surface area contributed by atoms with Crippen LogP contribution in [0.4, 0.5) is 4.79 Å². The third-order valence-electron chi connectivity index (χ3n) is 5.54.